The van der Waals surface area contributed by atoms with Crippen LogP contribution in [0.5, 0.6) is 5.75 Å². The fourth-order valence-corrected chi connectivity index (χ4v) is 5.32. The van der Waals surface area contributed by atoms with Crippen LogP contribution in [0, 0.1) is 18.7 Å². The Bertz CT molecular complexity index is 1390. The van der Waals surface area contributed by atoms with Crippen LogP contribution in [0.3, 0.4) is 0 Å². The lowest BCUT2D eigenvalue weighted by atomic mass is 9.78. The number of rotatable bonds is 9. The molecule has 1 heterocycles. The molecule has 0 aliphatic carbocycles. The molecule has 1 aliphatic heterocycles. The van der Waals surface area contributed by atoms with Gasteiger partial charge in [0, 0.05) is 15.7 Å². The van der Waals surface area contributed by atoms with E-state index in [2.05, 4.69) is 15.9 Å². The summed E-state index contributed by atoms with van der Waals surface area (Å²) in [6, 6.07) is 29.4. The summed E-state index contributed by atoms with van der Waals surface area (Å²) in [5.74, 6) is 0.0536. The number of carbonyl (C=O) groups excluding carboxylic acids is 1. The highest BCUT2D eigenvalue weighted by Crippen LogP contribution is 2.49. The van der Waals surface area contributed by atoms with Crippen molar-refractivity contribution in [3.05, 3.63) is 130 Å². The zero-order chi connectivity index (χ0) is 26.6. The molecule has 1 fully saturated rings. The lowest BCUT2D eigenvalue weighted by molar-refractivity contribution is -0.131. The van der Waals surface area contributed by atoms with Crippen molar-refractivity contribution >= 4 is 27.5 Å². The van der Waals surface area contributed by atoms with Crippen molar-refractivity contribution in [3.63, 3.8) is 0 Å². The molecule has 5 rings (SSSR count). The number of aliphatic hydroxyl groups excluding tert-OH is 1. The normalized spacial score (nSPS) is 17.7. The Morgan fingerprint density at radius 2 is 1.68 bits per heavy atom. The highest BCUT2D eigenvalue weighted by Gasteiger charge is 2.49. The molecule has 1 amide bonds. The summed E-state index contributed by atoms with van der Waals surface area (Å²) in [5.41, 5.74) is 4.56. The topological polar surface area (TPSA) is 49.8 Å². The second-order valence-corrected chi connectivity index (χ2v) is 10.6. The third kappa shape index (κ3) is 5.66. The van der Waals surface area contributed by atoms with Gasteiger partial charge in [-0.2, -0.15) is 0 Å². The maximum atomic E-state index is 13.5. The van der Waals surface area contributed by atoms with Crippen molar-refractivity contribution in [2.24, 2.45) is 5.92 Å². The van der Waals surface area contributed by atoms with Gasteiger partial charge in [0.15, 0.2) is 0 Å². The molecule has 0 radical (unpaired) electrons. The number of halogens is 2. The monoisotopic (exact) mass is 573 g/mol. The molecule has 4 aromatic carbocycles. The van der Waals surface area contributed by atoms with E-state index in [-0.39, 0.29) is 23.7 Å². The lowest BCUT2D eigenvalue weighted by Gasteiger charge is -2.48. The van der Waals surface area contributed by atoms with E-state index in [0.29, 0.717) is 30.8 Å². The van der Waals surface area contributed by atoms with Crippen LogP contribution in [0.4, 0.5) is 10.1 Å². The van der Waals surface area contributed by atoms with E-state index in [1.165, 1.54) is 12.1 Å². The predicted molar refractivity (Wildman–Crippen MR) is 150 cm³/mol. The molecule has 6 heteroatoms. The predicted octanol–water partition coefficient (Wildman–Crippen LogP) is 7.69. The van der Waals surface area contributed by atoms with Crippen LogP contribution >= 0.6 is 15.9 Å². The van der Waals surface area contributed by atoms with Crippen LogP contribution in [0.25, 0.3) is 0 Å². The fraction of sp³-hybridized carbons (Fsp3) is 0.219. The second-order valence-electron chi connectivity index (χ2n) is 9.70. The van der Waals surface area contributed by atoms with Crippen LogP contribution in [-0.2, 0) is 11.4 Å². The minimum absolute atomic E-state index is 0.0158. The molecule has 0 aromatic heterocycles. The van der Waals surface area contributed by atoms with Gasteiger partial charge >= 0.3 is 0 Å². The number of β-lactam (4-membered cyclic amide) rings is 1. The number of ether oxygens (including phenoxy) is 1. The van der Waals surface area contributed by atoms with Crippen LogP contribution in [0.2, 0.25) is 0 Å². The zero-order valence-electron chi connectivity index (χ0n) is 21.1. The van der Waals surface area contributed by atoms with Crippen LogP contribution in [0.15, 0.2) is 102 Å². The van der Waals surface area contributed by atoms with E-state index in [1.807, 2.05) is 84.6 Å². The Morgan fingerprint density at radius 1 is 0.974 bits per heavy atom. The molecule has 38 heavy (non-hydrogen) atoms. The van der Waals surface area contributed by atoms with E-state index < -0.39 is 6.10 Å². The first kappa shape index (κ1) is 26.1. The van der Waals surface area contributed by atoms with Crippen molar-refractivity contribution < 1.29 is 19.0 Å². The minimum Gasteiger partial charge on any atom is -0.489 e. The highest BCUT2D eigenvalue weighted by atomic mass is 79.9. The maximum Gasteiger partial charge on any atom is 0.233 e. The summed E-state index contributed by atoms with van der Waals surface area (Å²) < 4.78 is 20.5. The lowest BCUT2D eigenvalue weighted by Crippen LogP contribution is -2.55. The first-order valence-electron chi connectivity index (χ1n) is 12.7. The average Bonchev–Trinajstić information content (AvgIpc) is 2.93. The van der Waals surface area contributed by atoms with E-state index in [4.69, 9.17) is 4.74 Å². The van der Waals surface area contributed by atoms with Crippen molar-refractivity contribution in [1.29, 1.82) is 0 Å². The molecule has 1 aliphatic rings. The number of hydrogen-bond donors (Lipinski definition) is 1. The Kier molecular flexibility index (Phi) is 7.91. The van der Waals surface area contributed by atoms with Gasteiger partial charge in [0.2, 0.25) is 5.91 Å². The van der Waals surface area contributed by atoms with E-state index in [9.17, 15) is 14.3 Å². The van der Waals surface area contributed by atoms with Crippen LogP contribution < -0.4 is 9.64 Å². The standard InChI is InChI=1S/C32H29BrFNO3/c1-21-7-14-26(15-8-21)35-31(28(32(35)37)17-18-29(36)23-9-12-25(34)13-10-23)27-16-11-24(33)19-30(27)38-20-22-5-3-2-4-6-22/h2-16,19,28-29,31,36H,17-18,20H2,1H3/t28-,29+,31-/m1/s1. The van der Waals surface area contributed by atoms with Crippen molar-refractivity contribution in [2.45, 2.75) is 38.5 Å². The Labute approximate surface area is 230 Å². The molecule has 1 saturated heterocycles. The number of anilines is 1. The molecule has 0 spiro atoms. The zero-order valence-corrected chi connectivity index (χ0v) is 22.6. The molecular formula is C32H29BrFNO3. The van der Waals surface area contributed by atoms with Gasteiger partial charge in [-0.3, -0.25) is 4.79 Å². The summed E-state index contributed by atoms with van der Waals surface area (Å²) in [5, 5.41) is 10.8. The summed E-state index contributed by atoms with van der Waals surface area (Å²) in [6.45, 7) is 2.42. The van der Waals surface area contributed by atoms with Gasteiger partial charge < -0.3 is 14.7 Å². The number of aryl methyl sites for hydroxylation is 1. The Morgan fingerprint density at radius 3 is 2.39 bits per heavy atom. The summed E-state index contributed by atoms with van der Waals surface area (Å²) >= 11 is 3.57. The van der Waals surface area contributed by atoms with Gasteiger partial charge in [-0.25, -0.2) is 4.39 Å². The quantitative estimate of drug-likeness (QED) is 0.209. The van der Waals surface area contributed by atoms with Crippen LogP contribution in [-0.4, -0.2) is 11.0 Å². The smallest absolute Gasteiger partial charge is 0.233 e. The average molecular weight is 574 g/mol. The molecule has 0 saturated carbocycles. The molecule has 3 atom stereocenters. The fourth-order valence-electron chi connectivity index (χ4n) is 4.98. The molecular weight excluding hydrogens is 545 g/mol. The van der Waals surface area contributed by atoms with Crippen molar-refractivity contribution in [1.82, 2.24) is 0 Å². The highest BCUT2D eigenvalue weighted by molar-refractivity contribution is 9.10. The van der Waals surface area contributed by atoms with Gasteiger partial charge in [-0.15, -0.1) is 0 Å². The number of amides is 1. The first-order chi connectivity index (χ1) is 18.4. The molecule has 0 unspecified atom stereocenters. The number of hydrogen-bond acceptors (Lipinski definition) is 3. The molecule has 4 nitrogen and oxygen atoms in total. The molecule has 1 N–H and O–H groups in total. The number of benzene rings is 4. The van der Waals surface area contributed by atoms with Gasteiger partial charge in [-0.05, 0) is 67.3 Å². The van der Waals surface area contributed by atoms with Crippen molar-refractivity contribution in [2.75, 3.05) is 4.90 Å². The second kappa shape index (κ2) is 11.5. The van der Waals surface area contributed by atoms with Crippen LogP contribution in [0.1, 0.15) is 47.2 Å². The molecule has 0 bridgehead atoms. The number of carbonyl (C=O) groups is 1. The minimum atomic E-state index is -0.781. The summed E-state index contributed by atoms with van der Waals surface area (Å²) in [6.07, 6.45) is 0.0893. The first-order valence-corrected chi connectivity index (χ1v) is 13.5. The van der Waals surface area contributed by atoms with Gasteiger partial charge in [-0.1, -0.05) is 82.2 Å². The third-order valence-corrected chi connectivity index (χ3v) is 7.56. The largest absolute Gasteiger partial charge is 0.489 e. The summed E-state index contributed by atoms with van der Waals surface area (Å²) in [4.78, 5) is 15.4. The molecule has 194 valence electrons. The van der Waals surface area contributed by atoms with E-state index in [0.717, 1.165) is 26.9 Å². The third-order valence-electron chi connectivity index (χ3n) is 7.06. The number of aliphatic hydroxyl groups is 1. The Hall–Kier alpha value is -3.48. The van der Waals surface area contributed by atoms with Gasteiger partial charge in [0.1, 0.15) is 18.2 Å². The summed E-state index contributed by atoms with van der Waals surface area (Å²) in [7, 11) is 0. The maximum absolute atomic E-state index is 13.5. The van der Waals surface area contributed by atoms with Crippen molar-refractivity contribution in [3.8, 4) is 5.75 Å². The van der Waals surface area contributed by atoms with E-state index >= 15 is 0 Å². The van der Waals surface area contributed by atoms with E-state index in [1.54, 1.807) is 12.1 Å². The SMILES string of the molecule is Cc1ccc(N2C(=O)[C@H](CC[C@H](O)c3ccc(F)cc3)[C@H]2c2ccc(Br)cc2OCc2ccccc2)cc1. The Balaban J connectivity index is 1.43. The molecule has 4 aromatic rings. The van der Waals surface area contributed by atoms with Gasteiger partial charge in [0.05, 0.1) is 18.1 Å². The number of nitrogens with zero attached hydrogens (tertiary/aromatic N) is 1. The van der Waals surface area contributed by atoms with Gasteiger partial charge in [0.25, 0.3) is 0 Å².